The largest absolute Gasteiger partial charge is 0.338 e. The summed E-state index contributed by atoms with van der Waals surface area (Å²) in [5, 5.41) is 3.96. The van der Waals surface area contributed by atoms with Gasteiger partial charge in [-0.15, -0.1) is 0 Å². The third-order valence-electron chi connectivity index (χ3n) is 3.97. The second-order valence-electron chi connectivity index (χ2n) is 6.21. The maximum Gasteiger partial charge on any atom is 0.240 e. The second kappa shape index (κ2) is 6.91. The van der Waals surface area contributed by atoms with Gasteiger partial charge in [0, 0.05) is 25.6 Å². The van der Waals surface area contributed by atoms with E-state index in [9.17, 15) is 4.79 Å². The Hall–Kier alpha value is -2.21. The Morgan fingerprint density at radius 2 is 1.96 bits per heavy atom. The van der Waals surface area contributed by atoms with E-state index in [-0.39, 0.29) is 11.8 Å². The van der Waals surface area contributed by atoms with E-state index in [1.807, 2.05) is 49.1 Å². The van der Waals surface area contributed by atoms with Crippen molar-refractivity contribution in [1.29, 1.82) is 0 Å². The Morgan fingerprint density at radius 1 is 1.17 bits per heavy atom. The first-order valence-corrected chi connectivity index (χ1v) is 7.98. The van der Waals surface area contributed by atoms with Crippen molar-refractivity contribution in [2.45, 2.75) is 32.9 Å². The summed E-state index contributed by atoms with van der Waals surface area (Å²) in [5.41, 5.74) is 1.16. The molecular formula is C17H22N4O2. The highest BCUT2D eigenvalue weighted by molar-refractivity contribution is 5.79. The quantitative estimate of drug-likeness (QED) is 0.845. The van der Waals surface area contributed by atoms with E-state index in [2.05, 4.69) is 15.0 Å². The van der Waals surface area contributed by atoms with E-state index < -0.39 is 0 Å². The monoisotopic (exact) mass is 314 g/mol. The predicted molar refractivity (Wildman–Crippen MR) is 85.5 cm³/mol. The van der Waals surface area contributed by atoms with Gasteiger partial charge in [0.2, 0.25) is 11.8 Å². The Kier molecular flexibility index (Phi) is 4.71. The van der Waals surface area contributed by atoms with E-state index in [1.165, 1.54) is 0 Å². The van der Waals surface area contributed by atoms with Crippen LogP contribution in [-0.2, 0) is 17.9 Å². The van der Waals surface area contributed by atoms with Crippen molar-refractivity contribution in [1.82, 2.24) is 19.9 Å². The van der Waals surface area contributed by atoms with Crippen LogP contribution in [0.1, 0.15) is 37.0 Å². The van der Waals surface area contributed by atoms with Gasteiger partial charge in [-0.1, -0.05) is 49.3 Å². The van der Waals surface area contributed by atoms with Crippen molar-refractivity contribution < 1.29 is 9.32 Å². The number of hydrogen-bond acceptors (Lipinski definition) is 5. The fourth-order valence-electron chi connectivity index (χ4n) is 2.62. The molecule has 2 aromatic rings. The highest BCUT2D eigenvalue weighted by Gasteiger charge is 2.25. The second-order valence-corrected chi connectivity index (χ2v) is 6.21. The van der Waals surface area contributed by atoms with Gasteiger partial charge >= 0.3 is 0 Å². The number of amides is 1. The summed E-state index contributed by atoms with van der Waals surface area (Å²) in [6.07, 6.45) is 0. The molecule has 6 heteroatoms. The van der Waals surface area contributed by atoms with Crippen LogP contribution in [0.5, 0.6) is 0 Å². The predicted octanol–water partition coefficient (Wildman–Crippen LogP) is 2.04. The van der Waals surface area contributed by atoms with Crippen molar-refractivity contribution >= 4 is 5.91 Å². The molecule has 0 atom stereocenters. The lowest BCUT2D eigenvalue weighted by molar-refractivity contribution is -0.137. The van der Waals surface area contributed by atoms with Crippen LogP contribution in [0.4, 0.5) is 0 Å². The van der Waals surface area contributed by atoms with Gasteiger partial charge in [-0.3, -0.25) is 9.69 Å². The molecule has 1 aromatic heterocycles. The number of benzene rings is 1. The average Bonchev–Trinajstić information content (AvgIpc) is 3.00. The molecule has 6 nitrogen and oxygen atoms in total. The Balaban J connectivity index is 1.54. The van der Waals surface area contributed by atoms with Gasteiger partial charge in [0.1, 0.15) is 0 Å². The molecule has 1 aliphatic heterocycles. The summed E-state index contributed by atoms with van der Waals surface area (Å²) in [4.78, 5) is 20.7. The molecule has 1 fully saturated rings. The van der Waals surface area contributed by atoms with Crippen LogP contribution in [0, 0.1) is 0 Å². The maximum atomic E-state index is 12.3. The molecule has 2 heterocycles. The first kappa shape index (κ1) is 15.7. The van der Waals surface area contributed by atoms with Crippen LogP contribution in [0.15, 0.2) is 34.9 Å². The number of hydrogen-bond donors (Lipinski definition) is 0. The topological polar surface area (TPSA) is 62.5 Å². The van der Waals surface area contributed by atoms with Crippen molar-refractivity contribution in [2.24, 2.45) is 0 Å². The number of piperazine rings is 1. The summed E-state index contributed by atoms with van der Waals surface area (Å²) < 4.78 is 5.26. The van der Waals surface area contributed by atoms with Gasteiger partial charge in [-0.25, -0.2) is 0 Å². The van der Waals surface area contributed by atoms with E-state index in [1.54, 1.807) is 0 Å². The van der Waals surface area contributed by atoms with Crippen molar-refractivity contribution in [2.75, 3.05) is 19.6 Å². The lowest BCUT2D eigenvalue weighted by Gasteiger charge is -2.33. The van der Waals surface area contributed by atoms with Crippen LogP contribution in [0.2, 0.25) is 0 Å². The fraction of sp³-hybridized carbons (Fsp3) is 0.471. The van der Waals surface area contributed by atoms with Gasteiger partial charge in [-0.2, -0.15) is 4.98 Å². The Bertz CT molecular complexity index is 654. The molecule has 0 spiro atoms. The number of aromatic nitrogens is 2. The fourth-order valence-corrected chi connectivity index (χ4v) is 2.62. The van der Waals surface area contributed by atoms with E-state index in [4.69, 9.17) is 4.52 Å². The van der Waals surface area contributed by atoms with Gasteiger partial charge in [0.05, 0.1) is 13.1 Å². The molecule has 0 N–H and O–H groups in total. The van der Waals surface area contributed by atoms with Crippen molar-refractivity contribution in [3.8, 4) is 0 Å². The molecule has 3 rings (SSSR count). The molecule has 23 heavy (non-hydrogen) atoms. The molecular weight excluding hydrogens is 292 g/mol. The summed E-state index contributed by atoms with van der Waals surface area (Å²) in [5.74, 6) is 1.69. The lowest BCUT2D eigenvalue weighted by atomic mass is 10.2. The first-order chi connectivity index (χ1) is 11.1. The molecule has 0 bridgehead atoms. The molecule has 1 aromatic carbocycles. The molecule has 0 saturated carbocycles. The summed E-state index contributed by atoms with van der Waals surface area (Å²) >= 11 is 0. The van der Waals surface area contributed by atoms with E-state index in [0.29, 0.717) is 31.3 Å². The highest BCUT2D eigenvalue weighted by Crippen LogP contribution is 2.14. The average molecular weight is 314 g/mol. The SMILES string of the molecule is CC(C)c1noc(CN2CCN(Cc3ccccc3)C(=O)C2)n1. The Labute approximate surface area is 136 Å². The molecule has 0 unspecified atom stereocenters. The molecule has 122 valence electrons. The third kappa shape index (κ3) is 3.96. The van der Waals surface area contributed by atoms with Gasteiger partial charge in [-0.05, 0) is 5.56 Å². The maximum absolute atomic E-state index is 12.3. The summed E-state index contributed by atoms with van der Waals surface area (Å²) in [6.45, 7) is 7.19. The summed E-state index contributed by atoms with van der Waals surface area (Å²) in [7, 11) is 0. The highest BCUT2D eigenvalue weighted by atomic mass is 16.5. The molecule has 0 aliphatic carbocycles. The van der Waals surface area contributed by atoms with Gasteiger partial charge in [0.25, 0.3) is 0 Å². The van der Waals surface area contributed by atoms with Crippen LogP contribution in [0.3, 0.4) is 0 Å². The van der Waals surface area contributed by atoms with Crippen LogP contribution < -0.4 is 0 Å². The van der Waals surface area contributed by atoms with Crippen LogP contribution in [-0.4, -0.2) is 45.5 Å². The van der Waals surface area contributed by atoms with Gasteiger partial charge in [0.15, 0.2) is 5.82 Å². The van der Waals surface area contributed by atoms with E-state index in [0.717, 1.165) is 18.7 Å². The number of rotatable bonds is 5. The van der Waals surface area contributed by atoms with E-state index >= 15 is 0 Å². The van der Waals surface area contributed by atoms with Crippen LogP contribution in [0.25, 0.3) is 0 Å². The van der Waals surface area contributed by atoms with Crippen LogP contribution >= 0.6 is 0 Å². The minimum atomic E-state index is 0.142. The smallest absolute Gasteiger partial charge is 0.240 e. The molecule has 0 radical (unpaired) electrons. The minimum absolute atomic E-state index is 0.142. The molecule has 1 aliphatic rings. The van der Waals surface area contributed by atoms with Gasteiger partial charge < -0.3 is 9.42 Å². The minimum Gasteiger partial charge on any atom is -0.338 e. The lowest BCUT2D eigenvalue weighted by Crippen LogP contribution is -2.49. The standard InChI is InChI=1S/C17H22N4O2/c1-13(2)17-18-15(23-19-17)11-20-8-9-21(16(22)12-20)10-14-6-4-3-5-7-14/h3-7,13H,8-12H2,1-2H3. The normalized spacial score (nSPS) is 16.3. The molecule has 1 amide bonds. The summed E-state index contributed by atoms with van der Waals surface area (Å²) in [6, 6.07) is 10.1. The Morgan fingerprint density at radius 3 is 2.61 bits per heavy atom. The third-order valence-corrected chi connectivity index (χ3v) is 3.97. The number of nitrogens with zero attached hydrogens (tertiary/aromatic N) is 4. The number of carbonyl (C=O) groups excluding carboxylic acids is 1. The van der Waals surface area contributed by atoms with Crippen molar-refractivity contribution in [3.63, 3.8) is 0 Å². The number of carbonyl (C=O) groups is 1. The first-order valence-electron chi connectivity index (χ1n) is 7.98. The zero-order valence-electron chi connectivity index (χ0n) is 13.6. The zero-order valence-corrected chi connectivity index (χ0v) is 13.6. The molecule has 1 saturated heterocycles. The van der Waals surface area contributed by atoms with Crippen molar-refractivity contribution in [3.05, 3.63) is 47.6 Å². The zero-order chi connectivity index (χ0) is 16.2.